The zero-order valence-electron chi connectivity index (χ0n) is 22.3. The van der Waals surface area contributed by atoms with Crippen molar-refractivity contribution >= 4 is 35.0 Å². The van der Waals surface area contributed by atoms with E-state index in [4.69, 9.17) is 4.74 Å². The van der Waals surface area contributed by atoms with Gasteiger partial charge in [-0.2, -0.15) is 4.39 Å². The number of aromatic nitrogens is 3. The third-order valence-corrected chi connectivity index (χ3v) is 7.86. The van der Waals surface area contributed by atoms with Crippen LogP contribution < -0.4 is 20.7 Å². The first kappa shape index (κ1) is 27.8. The SMILES string of the molecule is COc1ccc(-c2cnc3c(Nc4ccc(C(=O)NCCCSN5CCNCC5)c(C)c4)nccn23)c(F)c1F. The maximum atomic E-state index is 14.8. The summed E-state index contributed by atoms with van der Waals surface area (Å²) in [6.45, 7) is 6.63. The molecule has 9 nitrogen and oxygen atoms in total. The largest absolute Gasteiger partial charge is 0.494 e. The number of amides is 1. The number of nitrogens with zero attached hydrogens (tertiary/aromatic N) is 4. The van der Waals surface area contributed by atoms with Crippen LogP contribution in [-0.2, 0) is 0 Å². The lowest BCUT2D eigenvalue weighted by Crippen LogP contribution is -2.40. The van der Waals surface area contributed by atoms with E-state index in [-0.39, 0.29) is 17.2 Å². The summed E-state index contributed by atoms with van der Waals surface area (Å²) in [6.07, 6.45) is 5.54. The van der Waals surface area contributed by atoms with Crippen LogP contribution in [0.4, 0.5) is 20.3 Å². The van der Waals surface area contributed by atoms with Crippen LogP contribution >= 0.6 is 11.9 Å². The number of piperazine rings is 1. The molecule has 0 unspecified atom stereocenters. The average Bonchev–Trinajstić information content (AvgIpc) is 3.40. The van der Waals surface area contributed by atoms with Gasteiger partial charge in [0.05, 0.1) is 19.0 Å². The van der Waals surface area contributed by atoms with Crippen LogP contribution in [0.25, 0.3) is 16.9 Å². The number of imidazole rings is 1. The molecule has 0 radical (unpaired) electrons. The maximum Gasteiger partial charge on any atom is 0.251 e. The van der Waals surface area contributed by atoms with Crippen LogP contribution in [-0.4, -0.2) is 70.2 Å². The third-order valence-electron chi connectivity index (χ3n) is 6.66. The van der Waals surface area contributed by atoms with Gasteiger partial charge in [-0.25, -0.2) is 18.7 Å². The van der Waals surface area contributed by atoms with Crippen molar-refractivity contribution in [3.8, 4) is 17.0 Å². The molecule has 0 aliphatic carbocycles. The zero-order valence-corrected chi connectivity index (χ0v) is 23.2. The number of methoxy groups -OCH3 is 1. The molecule has 4 aromatic rings. The number of ether oxygens (including phenoxy) is 1. The summed E-state index contributed by atoms with van der Waals surface area (Å²) in [6, 6.07) is 8.26. The molecule has 210 valence electrons. The van der Waals surface area contributed by atoms with Gasteiger partial charge in [0.2, 0.25) is 5.82 Å². The molecule has 5 rings (SSSR count). The van der Waals surface area contributed by atoms with Crippen LogP contribution in [0.15, 0.2) is 48.9 Å². The fourth-order valence-corrected chi connectivity index (χ4v) is 5.54. The molecule has 1 amide bonds. The summed E-state index contributed by atoms with van der Waals surface area (Å²) in [7, 11) is 1.28. The number of carbonyl (C=O) groups is 1. The number of nitrogens with one attached hydrogen (secondary N) is 3. The molecule has 0 saturated carbocycles. The van der Waals surface area contributed by atoms with Crippen LogP contribution in [0.1, 0.15) is 22.3 Å². The Morgan fingerprint density at radius 2 is 1.98 bits per heavy atom. The van der Waals surface area contributed by atoms with E-state index < -0.39 is 11.6 Å². The topological polar surface area (TPSA) is 95.8 Å². The van der Waals surface area contributed by atoms with Gasteiger partial charge >= 0.3 is 0 Å². The third kappa shape index (κ3) is 6.03. The Hall–Kier alpha value is -3.74. The summed E-state index contributed by atoms with van der Waals surface area (Å²) in [5.41, 5.74) is 2.99. The smallest absolute Gasteiger partial charge is 0.251 e. The summed E-state index contributed by atoms with van der Waals surface area (Å²) in [5, 5.41) is 9.58. The van der Waals surface area contributed by atoms with Crippen molar-refractivity contribution in [2.24, 2.45) is 0 Å². The first-order valence-corrected chi connectivity index (χ1v) is 14.0. The fourth-order valence-electron chi connectivity index (χ4n) is 4.56. The number of anilines is 2. The van der Waals surface area contributed by atoms with E-state index in [1.807, 2.05) is 24.9 Å². The number of carbonyl (C=O) groups excluding carboxylic acids is 1. The normalized spacial score (nSPS) is 13.9. The molecule has 2 aromatic carbocycles. The quantitative estimate of drug-likeness (QED) is 0.192. The van der Waals surface area contributed by atoms with E-state index in [1.165, 1.54) is 25.4 Å². The second kappa shape index (κ2) is 12.6. The number of rotatable bonds is 10. The number of hydrogen-bond acceptors (Lipinski definition) is 8. The van der Waals surface area contributed by atoms with Crippen molar-refractivity contribution in [2.75, 3.05) is 50.9 Å². The Kier molecular flexibility index (Phi) is 8.78. The highest BCUT2D eigenvalue weighted by Crippen LogP contribution is 2.31. The van der Waals surface area contributed by atoms with E-state index in [0.29, 0.717) is 35.0 Å². The Bertz CT molecular complexity index is 1510. The molecule has 3 N–H and O–H groups in total. The molecule has 1 aliphatic heterocycles. The lowest BCUT2D eigenvalue weighted by Gasteiger charge is -2.25. The summed E-state index contributed by atoms with van der Waals surface area (Å²) < 4.78 is 38.0. The molecule has 12 heteroatoms. The molecule has 1 saturated heterocycles. The van der Waals surface area contributed by atoms with Crippen LogP contribution in [0.2, 0.25) is 0 Å². The van der Waals surface area contributed by atoms with Gasteiger partial charge in [0.15, 0.2) is 23.0 Å². The predicted octanol–water partition coefficient (Wildman–Crippen LogP) is 4.41. The molecular formula is C28H31F2N7O2S. The minimum absolute atomic E-state index is 0.0524. The van der Waals surface area contributed by atoms with Crippen LogP contribution in [0, 0.1) is 18.6 Å². The first-order valence-electron chi connectivity index (χ1n) is 13.0. The van der Waals surface area contributed by atoms with Gasteiger partial charge in [0.25, 0.3) is 5.91 Å². The molecule has 1 aliphatic rings. The van der Waals surface area contributed by atoms with Crippen molar-refractivity contribution in [3.63, 3.8) is 0 Å². The Balaban J connectivity index is 1.24. The second-order valence-electron chi connectivity index (χ2n) is 9.33. The van der Waals surface area contributed by atoms with Gasteiger partial charge in [-0.1, -0.05) is 11.9 Å². The molecule has 3 heterocycles. The van der Waals surface area contributed by atoms with Crippen LogP contribution in [0.3, 0.4) is 0 Å². The van der Waals surface area contributed by atoms with E-state index >= 15 is 0 Å². The van der Waals surface area contributed by atoms with Crippen molar-refractivity contribution < 1.29 is 18.3 Å². The average molecular weight is 568 g/mol. The zero-order chi connectivity index (χ0) is 28.1. The fraction of sp³-hybridized carbons (Fsp3) is 0.321. The Morgan fingerprint density at radius 3 is 2.75 bits per heavy atom. The second-order valence-corrected chi connectivity index (χ2v) is 10.5. The van der Waals surface area contributed by atoms with Crippen molar-refractivity contribution in [1.82, 2.24) is 29.3 Å². The summed E-state index contributed by atoms with van der Waals surface area (Å²) in [4.78, 5) is 21.5. The molecule has 40 heavy (non-hydrogen) atoms. The highest BCUT2D eigenvalue weighted by atomic mass is 32.2. The molecule has 0 spiro atoms. The minimum Gasteiger partial charge on any atom is -0.494 e. The summed E-state index contributed by atoms with van der Waals surface area (Å²) in [5.74, 6) is -0.955. The van der Waals surface area contributed by atoms with Gasteiger partial charge in [-0.15, -0.1) is 0 Å². The lowest BCUT2D eigenvalue weighted by atomic mass is 10.1. The van der Waals surface area contributed by atoms with Gasteiger partial charge < -0.3 is 20.7 Å². The molecular weight excluding hydrogens is 536 g/mol. The summed E-state index contributed by atoms with van der Waals surface area (Å²) >= 11 is 1.84. The van der Waals surface area contributed by atoms with Gasteiger partial charge in [-0.05, 0) is 49.2 Å². The minimum atomic E-state index is -1.06. The standard InChI is InChI=1S/C28H31F2N7O2S/c1-18-16-19(4-5-20(18)28(38)33-8-3-15-40-36-12-9-31-10-13-36)35-26-27-34-17-22(37(27)14-11-32-26)21-6-7-23(39-2)25(30)24(21)29/h4-7,11,14,16-17,31H,3,8-10,12-13,15H2,1-2H3,(H,32,35)(H,33,38). The maximum absolute atomic E-state index is 14.8. The number of halogens is 2. The number of fused-ring (bicyclic) bond motifs is 1. The molecule has 1 fully saturated rings. The van der Waals surface area contributed by atoms with Gasteiger partial charge in [-0.3, -0.25) is 9.20 Å². The van der Waals surface area contributed by atoms with Crippen molar-refractivity contribution in [1.29, 1.82) is 0 Å². The van der Waals surface area contributed by atoms with Crippen LogP contribution in [0.5, 0.6) is 5.75 Å². The van der Waals surface area contributed by atoms with E-state index in [1.54, 1.807) is 28.9 Å². The first-order chi connectivity index (χ1) is 19.5. The van der Waals surface area contributed by atoms with Crippen molar-refractivity contribution in [3.05, 3.63) is 71.7 Å². The van der Waals surface area contributed by atoms with Gasteiger partial charge in [0, 0.05) is 67.7 Å². The predicted molar refractivity (Wildman–Crippen MR) is 153 cm³/mol. The highest BCUT2D eigenvalue weighted by molar-refractivity contribution is 7.97. The van der Waals surface area contributed by atoms with E-state index in [0.717, 1.165) is 43.9 Å². The molecule has 0 bridgehead atoms. The Morgan fingerprint density at radius 1 is 1.15 bits per heavy atom. The number of aryl methyl sites for hydroxylation is 1. The molecule has 0 atom stereocenters. The highest BCUT2D eigenvalue weighted by Gasteiger charge is 2.19. The van der Waals surface area contributed by atoms with Crippen molar-refractivity contribution in [2.45, 2.75) is 13.3 Å². The van der Waals surface area contributed by atoms with E-state index in [2.05, 4.69) is 30.2 Å². The Labute approximate surface area is 235 Å². The number of benzene rings is 2. The van der Waals surface area contributed by atoms with Gasteiger partial charge in [0.1, 0.15) is 0 Å². The number of hydrogen-bond donors (Lipinski definition) is 3. The monoisotopic (exact) mass is 567 g/mol. The lowest BCUT2D eigenvalue weighted by molar-refractivity contribution is 0.0953. The van der Waals surface area contributed by atoms with E-state index in [9.17, 15) is 13.6 Å². The molecule has 2 aromatic heterocycles.